The molecule has 0 aliphatic carbocycles. The van der Waals surface area contributed by atoms with E-state index in [0.29, 0.717) is 12.8 Å². The molecule has 0 bridgehead atoms. The largest absolute Gasteiger partial charge is 0.462 e. The standard InChI is InChI=1S/C51H90O15/c1-3-5-7-9-11-13-15-17-19-21-23-25-27-29-31-33-42(53)61-36-39(64-43(54)34-32-30-28-26-24-22-20-18-16-14-12-10-8-6-4-2)37-62-50-49(60)47(58)45(56)41(66-50)38-63-51-48(59)46(57)44(55)40(35-52)65-51/h12,14,18,20,27,29,39-41,44-52,55-60H,3-11,13,15-17,19,21-26,28,30-38H2,1-2H3/b14-12+,20-18+,29-27+/t39-,40-,41-,44+,45+,46?,47?,48?,49?,50-,51-/m1/s1. The highest BCUT2D eigenvalue weighted by molar-refractivity contribution is 5.70. The molecule has 0 aromatic carbocycles. The van der Waals surface area contributed by atoms with Crippen molar-refractivity contribution in [3.8, 4) is 0 Å². The van der Waals surface area contributed by atoms with Crippen molar-refractivity contribution in [1.82, 2.24) is 0 Å². The van der Waals surface area contributed by atoms with E-state index >= 15 is 0 Å². The summed E-state index contributed by atoms with van der Waals surface area (Å²) in [5.74, 6) is -0.996. The molecule has 66 heavy (non-hydrogen) atoms. The Balaban J connectivity index is 1.83. The Morgan fingerprint density at radius 2 is 0.939 bits per heavy atom. The van der Waals surface area contributed by atoms with Gasteiger partial charge in [-0.3, -0.25) is 9.59 Å². The van der Waals surface area contributed by atoms with Gasteiger partial charge in [0.1, 0.15) is 55.4 Å². The first-order valence-electron chi connectivity index (χ1n) is 25.6. The van der Waals surface area contributed by atoms with Gasteiger partial charge in [0.05, 0.1) is 19.8 Å². The van der Waals surface area contributed by atoms with Gasteiger partial charge < -0.3 is 64.2 Å². The Kier molecular flexibility index (Phi) is 35.0. The molecule has 2 aliphatic heterocycles. The van der Waals surface area contributed by atoms with Gasteiger partial charge in [-0.25, -0.2) is 0 Å². The first-order valence-corrected chi connectivity index (χ1v) is 25.6. The molecule has 2 saturated heterocycles. The van der Waals surface area contributed by atoms with Crippen molar-refractivity contribution in [2.24, 2.45) is 0 Å². The summed E-state index contributed by atoms with van der Waals surface area (Å²) in [5, 5.41) is 72.0. The lowest BCUT2D eigenvalue weighted by molar-refractivity contribution is -0.332. The molecule has 2 heterocycles. The number of esters is 2. The second-order valence-corrected chi connectivity index (χ2v) is 18.0. The Hall–Kier alpha value is -2.28. The fourth-order valence-electron chi connectivity index (χ4n) is 7.85. The Labute approximate surface area is 395 Å². The number of hydrogen-bond donors (Lipinski definition) is 7. The minimum Gasteiger partial charge on any atom is -0.462 e. The van der Waals surface area contributed by atoms with Gasteiger partial charge in [0.2, 0.25) is 0 Å². The summed E-state index contributed by atoms with van der Waals surface area (Å²) in [7, 11) is 0. The second kappa shape index (κ2) is 38.6. The summed E-state index contributed by atoms with van der Waals surface area (Å²) in [4.78, 5) is 25.7. The lowest BCUT2D eigenvalue weighted by Gasteiger charge is -2.42. The predicted molar refractivity (Wildman–Crippen MR) is 252 cm³/mol. The van der Waals surface area contributed by atoms with E-state index in [1.54, 1.807) is 0 Å². The van der Waals surface area contributed by atoms with Crippen molar-refractivity contribution >= 4 is 11.9 Å². The quantitative estimate of drug-likeness (QED) is 0.0188. The van der Waals surface area contributed by atoms with Crippen LogP contribution in [0.1, 0.15) is 181 Å². The van der Waals surface area contributed by atoms with Crippen LogP contribution in [0, 0.1) is 0 Å². The SMILES string of the molecule is CCCCC/C=C/C/C=C/CCCCCCCC(=O)O[C@H](COC(=O)CC/C=C/CCCCCCCCCCCCC)CO[C@@H]1O[C@H](CO[C@@H]2O[C@H](CO)[C@H](O)C(O)C2O)[C@H](O)C(O)C1O. The Morgan fingerprint density at radius 1 is 0.485 bits per heavy atom. The molecule has 0 aromatic heterocycles. The number of aliphatic hydroxyl groups is 7. The highest BCUT2D eigenvalue weighted by Crippen LogP contribution is 2.26. The molecule has 4 unspecified atom stereocenters. The number of ether oxygens (including phenoxy) is 6. The highest BCUT2D eigenvalue weighted by Gasteiger charge is 2.47. The third-order valence-corrected chi connectivity index (χ3v) is 12.1. The maximum Gasteiger partial charge on any atom is 0.306 e. The summed E-state index contributed by atoms with van der Waals surface area (Å²) < 4.78 is 33.5. The first kappa shape index (κ1) is 59.8. The second-order valence-electron chi connectivity index (χ2n) is 18.0. The topological polar surface area (TPSA) is 231 Å². The monoisotopic (exact) mass is 943 g/mol. The minimum atomic E-state index is -1.77. The maximum absolute atomic E-state index is 13.0. The van der Waals surface area contributed by atoms with E-state index in [1.165, 1.54) is 83.5 Å². The van der Waals surface area contributed by atoms with Gasteiger partial charge in [-0.2, -0.15) is 0 Å². The zero-order valence-corrected chi connectivity index (χ0v) is 40.4. The minimum absolute atomic E-state index is 0.132. The average Bonchev–Trinajstić information content (AvgIpc) is 3.31. The van der Waals surface area contributed by atoms with E-state index in [1.807, 2.05) is 6.08 Å². The molecule has 11 atom stereocenters. The van der Waals surface area contributed by atoms with E-state index in [0.717, 1.165) is 57.8 Å². The number of carbonyl (C=O) groups is 2. The molecule has 2 rings (SSSR count). The van der Waals surface area contributed by atoms with Gasteiger partial charge in [-0.1, -0.05) is 147 Å². The third-order valence-electron chi connectivity index (χ3n) is 12.1. The molecule has 0 saturated carbocycles. The van der Waals surface area contributed by atoms with Gasteiger partial charge in [-0.05, 0) is 57.8 Å². The van der Waals surface area contributed by atoms with Gasteiger partial charge in [0, 0.05) is 12.8 Å². The highest BCUT2D eigenvalue weighted by atomic mass is 16.7. The van der Waals surface area contributed by atoms with E-state index in [-0.39, 0.29) is 19.4 Å². The van der Waals surface area contributed by atoms with E-state index in [9.17, 15) is 45.3 Å². The summed E-state index contributed by atoms with van der Waals surface area (Å²) in [5.41, 5.74) is 0. The van der Waals surface area contributed by atoms with Gasteiger partial charge in [-0.15, -0.1) is 0 Å². The maximum atomic E-state index is 13.0. The van der Waals surface area contributed by atoms with Crippen LogP contribution in [-0.2, 0) is 38.0 Å². The lowest BCUT2D eigenvalue weighted by Crippen LogP contribution is -2.61. The molecule has 15 nitrogen and oxygen atoms in total. The molecule has 384 valence electrons. The normalized spacial score (nSPS) is 26.4. The van der Waals surface area contributed by atoms with Crippen molar-refractivity contribution in [3.05, 3.63) is 36.5 Å². The number of aliphatic hydroxyl groups excluding tert-OH is 7. The van der Waals surface area contributed by atoms with Crippen molar-refractivity contribution in [3.63, 3.8) is 0 Å². The van der Waals surface area contributed by atoms with Crippen LogP contribution in [0.2, 0.25) is 0 Å². The lowest BCUT2D eigenvalue weighted by atomic mass is 9.98. The van der Waals surface area contributed by atoms with Crippen LogP contribution in [0.5, 0.6) is 0 Å². The van der Waals surface area contributed by atoms with Gasteiger partial charge >= 0.3 is 11.9 Å². The zero-order chi connectivity index (χ0) is 48.2. The van der Waals surface area contributed by atoms with Crippen molar-refractivity contribution in [1.29, 1.82) is 0 Å². The summed E-state index contributed by atoms with van der Waals surface area (Å²) in [6, 6.07) is 0. The average molecular weight is 943 g/mol. The molecule has 0 aromatic rings. The van der Waals surface area contributed by atoms with E-state index in [2.05, 4.69) is 44.2 Å². The van der Waals surface area contributed by atoms with Gasteiger partial charge in [0.15, 0.2) is 18.7 Å². The van der Waals surface area contributed by atoms with Crippen LogP contribution in [0.15, 0.2) is 36.5 Å². The number of allylic oxidation sites excluding steroid dienone is 6. The molecule has 15 heteroatoms. The van der Waals surface area contributed by atoms with E-state index < -0.39 is 99.3 Å². The first-order chi connectivity index (χ1) is 32.0. The van der Waals surface area contributed by atoms with Crippen LogP contribution < -0.4 is 0 Å². The molecular formula is C51H90O15. The van der Waals surface area contributed by atoms with Crippen molar-refractivity contribution in [2.45, 2.75) is 248 Å². The Morgan fingerprint density at radius 3 is 1.52 bits per heavy atom. The van der Waals surface area contributed by atoms with Crippen molar-refractivity contribution < 1.29 is 73.8 Å². The molecule has 7 N–H and O–H groups in total. The molecule has 0 radical (unpaired) electrons. The number of hydrogen-bond acceptors (Lipinski definition) is 15. The number of carbonyl (C=O) groups excluding carboxylic acids is 2. The Bertz CT molecular complexity index is 1290. The predicted octanol–water partition coefficient (Wildman–Crippen LogP) is 6.93. The molecule has 2 fully saturated rings. The van der Waals surface area contributed by atoms with Crippen LogP contribution in [0.4, 0.5) is 0 Å². The van der Waals surface area contributed by atoms with E-state index in [4.69, 9.17) is 28.4 Å². The summed E-state index contributed by atoms with van der Waals surface area (Å²) in [6.07, 6.45) is 23.3. The summed E-state index contributed by atoms with van der Waals surface area (Å²) >= 11 is 0. The van der Waals surface area contributed by atoms with Crippen LogP contribution >= 0.6 is 0 Å². The molecule has 2 aliphatic rings. The molecule has 0 amide bonds. The number of unbranched alkanes of at least 4 members (excludes halogenated alkanes) is 19. The number of rotatable bonds is 39. The molecule has 0 spiro atoms. The van der Waals surface area contributed by atoms with Gasteiger partial charge in [0.25, 0.3) is 0 Å². The van der Waals surface area contributed by atoms with Crippen LogP contribution in [0.25, 0.3) is 0 Å². The molecular weight excluding hydrogens is 853 g/mol. The smallest absolute Gasteiger partial charge is 0.306 e. The fraction of sp³-hybridized carbons (Fsp3) is 0.843. The van der Waals surface area contributed by atoms with Crippen LogP contribution in [0.3, 0.4) is 0 Å². The zero-order valence-electron chi connectivity index (χ0n) is 40.4. The summed E-state index contributed by atoms with van der Waals surface area (Å²) in [6.45, 7) is 2.51. The van der Waals surface area contributed by atoms with Crippen LogP contribution in [-0.4, -0.2) is 142 Å². The fourth-order valence-corrected chi connectivity index (χ4v) is 7.85. The third kappa shape index (κ3) is 26.5. The van der Waals surface area contributed by atoms with Crippen molar-refractivity contribution in [2.75, 3.05) is 26.4 Å².